The van der Waals surface area contributed by atoms with Gasteiger partial charge in [-0.05, 0) is 44.9 Å². The maximum absolute atomic E-state index is 12.7. The molecule has 146 valence electrons. The van der Waals surface area contributed by atoms with Crippen molar-refractivity contribution in [1.29, 1.82) is 0 Å². The van der Waals surface area contributed by atoms with Crippen LogP contribution >= 0.6 is 11.8 Å². The Balaban J connectivity index is 2.07. The number of thioether (sulfide) groups is 1. The van der Waals surface area contributed by atoms with Crippen molar-refractivity contribution in [2.45, 2.75) is 51.8 Å². The van der Waals surface area contributed by atoms with Crippen molar-refractivity contribution in [3.05, 3.63) is 47.3 Å². The number of benzene rings is 1. The maximum atomic E-state index is 12.7. The Morgan fingerprint density at radius 2 is 2.04 bits per heavy atom. The van der Waals surface area contributed by atoms with Crippen molar-refractivity contribution in [1.82, 2.24) is 9.78 Å². The molecule has 0 fully saturated rings. The Kier molecular flexibility index (Phi) is 7.07. The van der Waals surface area contributed by atoms with Crippen molar-refractivity contribution in [2.75, 3.05) is 11.1 Å². The molecule has 0 saturated carbocycles. The van der Waals surface area contributed by atoms with Gasteiger partial charge >= 0.3 is 5.97 Å². The normalized spacial score (nSPS) is 11.4. The van der Waals surface area contributed by atoms with E-state index < -0.39 is 5.97 Å². The fraction of sp³-hybridized carbons (Fsp3) is 0.450. The van der Waals surface area contributed by atoms with Crippen molar-refractivity contribution in [3.63, 3.8) is 0 Å². The first kappa shape index (κ1) is 21.0. The summed E-state index contributed by atoms with van der Waals surface area (Å²) in [7, 11) is 0. The molecular formula is C20H27N3O3S. The van der Waals surface area contributed by atoms with E-state index in [1.165, 1.54) is 0 Å². The van der Waals surface area contributed by atoms with Gasteiger partial charge in [-0.1, -0.05) is 19.1 Å². The van der Waals surface area contributed by atoms with Crippen LogP contribution in [0.4, 0.5) is 5.69 Å². The molecule has 6 nitrogen and oxygen atoms in total. The third-order valence-corrected chi connectivity index (χ3v) is 5.03. The first-order chi connectivity index (χ1) is 12.7. The van der Waals surface area contributed by atoms with Crippen LogP contribution in [0.1, 0.15) is 55.7 Å². The first-order valence-corrected chi connectivity index (χ1v) is 10.1. The predicted octanol–water partition coefficient (Wildman–Crippen LogP) is 4.16. The Morgan fingerprint density at radius 3 is 2.67 bits per heavy atom. The number of carboxylic acids is 1. The van der Waals surface area contributed by atoms with E-state index in [0.29, 0.717) is 17.1 Å². The van der Waals surface area contributed by atoms with Crippen molar-refractivity contribution in [3.8, 4) is 0 Å². The van der Waals surface area contributed by atoms with E-state index in [1.54, 1.807) is 18.0 Å². The van der Waals surface area contributed by atoms with Gasteiger partial charge in [-0.25, -0.2) is 0 Å². The lowest BCUT2D eigenvalue weighted by atomic mass is 10.1. The fourth-order valence-corrected chi connectivity index (χ4v) is 3.65. The molecule has 0 aliphatic carbocycles. The number of aliphatic carboxylic acids is 1. The predicted molar refractivity (Wildman–Crippen MR) is 109 cm³/mol. The van der Waals surface area contributed by atoms with Crippen LogP contribution in [0.3, 0.4) is 0 Å². The summed E-state index contributed by atoms with van der Waals surface area (Å²) < 4.78 is 1.90. The second-order valence-electron chi connectivity index (χ2n) is 7.29. The average Bonchev–Trinajstić information content (AvgIpc) is 3.03. The molecule has 0 atom stereocenters. The number of nitrogens with one attached hydrogen (secondary N) is 1. The van der Waals surface area contributed by atoms with Gasteiger partial charge in [-0.15, -0.1) is 0 Å². The molecule has 1 aromatic carbocycles. The van der Waals surface area contributed by atoms with Gasteiger partial charge in [0.05, 0.1) is 29.4 Å². The van der Waals surface area contributed by atoms with Gasteiger partial charge < -0.3 is 10.4 Å². The molecule has 27 heavy (non-hydrogen) atoms. The third kappa shape index (κ3) is 5.85. The summed E-state index contributed by atoms with van der Waals surface area (Å²) in [4.78, 5) is 23.3. The third-order valence-electron chi connectivity index (χ3n) is 4.00. The number of nitrogens with zero attached hydrogens (tertiary/aromatic N) is 2. The monoisotopic (exact) mass is 389 g/mol. The van der Waals surface area contributed by atoms with Crippen LogP contribution in [0.25, 0.3) is 0 Å². The molecule has 1 amide bonds. The van der Waals surface area contributed by atoms with Gasteiger partial charge in [0.15, 0.2) is 0 Å². The molecular weight excluding hydrogens is 362 g/mol. The zero-order chi connectivity index (χ0) is 20.0. The number of hydrogen-bond acceptors (Lipinski definition) is 4. The number of amides is 1. The van der Waals surface area contributed by atoms with E-state index in [0.717, 1.165) is 23.4 Å². The van der Waals surface area contributed by atoms with Crippen molar-refractivity contribution in [2.24, 2.45) is 0 Å². The maximum Gasteiger partial charge on any atom is 0.304 e. The topological polar surface area (TPSA) is 84.2 Å². The summed E-state index contributed by atoms with van der Waals surface area (Å²) >= 11 is 1.56. The molecule has 7 heteroatoms. The highest BCUT2D eigenvalue weighted by Crippen LogP contribution is 2.22. The highest BCUT2D eigenvalue weighted by molar-refractivity contribution is 7.98. The van der Waals surface area contributed by atoms with Crippen LogP contribution in [0, 0.1) is 0 Å². The van der Waals surface area contributed by atoms with Gasteiger partial charge in [-0.2, -0.15) is 16.9 Å². The van der Waals surface area contributed by atoms with Gasteiger partial charge in [0.2, 0.25) is 0 Å². The second kappa shape index (κ2) is 9.08. The second-order valence-corrected chi connectivity index (χ2v) is 8.40. The molecule has 0 saturated heterocycles. The quantitative estimate of drug-likeness (QED) is 0.662. The van der Waals surface area contributed by atoms with E-state index in [9.17, 15) is 9.59 Å². The Labute approximate surface area is 164 Å². The van der Waals surface area contributed by atoms with Crippen LogP contribution in [0.2, 0.25) is 0 Å². The molecule has 0 radical (unpaired) electrons. The molecule has 0 spiro atoms. The summed E-state index contributed by atoms with van der Waals surface area (Å²) in [5, 5.41) is 16.0. The zero-order valence-corrected chi connectivity index (χ0v) is 17.1. The highest BCUT2D eigenvalue weighted by atomic mass is 32.2. The SMILES string of the molecule is CCc1c(C(=O)Nc2cccc(CSCCC(=O)O)c2)cnn1C(C)(C)C. The average molecular weight is 390 g/mol. The van der Waals surface area contributed by atoms with Crippen molar-refractivity contribution >= 4 is 29.3 Å². The van der Waals surface area contributed by atoms with Gasteiger partial charge in [0, 0.05) is 17.2 Å². The molecule has 2 N–H and O–H groups in total. The van der Waals surface area contributed by atoms with E-state index in [4.69, 9.17) is 5.11 Å². The Bertz CT molecular complexity index is 809. The number of carbonyl (C=O) groups excluding carboxylic acids is 1. The smallest absolute Gasteiger partial charge is 0.304 e. The Morgan fingerprint density at radius 1 is 1.30 bits per heavy atom. The van der Waals surface area contributed by atoms with E-state index in [1.807, 2.05) is 35.9 Å². The van der Waals surface area contributed by atoms with E-state index in [-0.39, 0.29) is 17.9 Å². The lowest BCUT2D eigenvalue weighted by Crippen LogP contribution is -2.26. The number of anilines is 1. The molecule has 2 rings (SSSR count). The zero-order valence-electron chi connectivity index (χ0n) is 16.3. The number of aromatic nitrogens is 2. The minimum absolute atomic E-state index is 0.151. The van der Waals surface area contributed by atoms with Crippen LogP contribution in [-0.4, -0.2) is 32.5 Å². The number of hydrogen-bond donors (Lipinski definition) is 2. The minimum atomic E-state index is -0.786. The van der Waals surface area contributed by atoms with Gasteiger partial charge in [-0.3, -0.25) is 14.3 Å². The van der Waals surface area contributed by atoms with E-state index >= 15 is 0 Å². The lowest BCUT2D eigenvalue weighted by Gasteiger charge is -2.22. The largest absolute Gasteiger partial charge is 0.481 e. The summed E-state index contributed by atoms with van der Waals surface area (Å²) in [5.41, 5.74) is 3.09. The van der Waals surface area contributed by atoms with E-state index in [2.05, 4.69) is 31.2 Å². The molecule has 0 unspecified atom stereocenters. The number of rotatable bonds is 8. The fourth-order valence-electron chi connectivity index (χ4n) is 2.77. The number of carbonyl (C=O) groups is 2. The number of carboxylic acid groups (broad SMARTS) is 1. The van der Waals surface area contributed by atoms with Gasteiger partial charge in [0.1, 0.15) is 0 Å². The summed E-state index contributed by atoms with van der Waals surface area (Å²) in [6, 6.07) is 7.63. The standard InChI is InChI=1S/C20H27N3O3S/c1-5-17-16(12-21-23(17)20(2,3)4)19(26)22-15-8-6-7-14(11-15)13-27-10-9-18(24)25/h6-8,11-12H,5,9-10,13H2,1-4H3,(H,22,26)(H,24,25). The highest BCUT2D eigenvalue weighted by Gasteiger charge is 2.23. The van der Waals surface area contributed by atoms with Gasteiger partial charge in [0.25, 0.3) is 5.91 Å². The van der Waals surface area contributed by atoms with Crippen LogP contribution < -0.4 is 5.32 Å². The molecule has 1 aromatic heterocycles. The van der Waals surface area contributed by atoms with Crippen LogP contribution in [0.15, 0.2) is 30.5 Å². The summed E-state index contributed by atoms with van der Waals surface area (Å²) in [6.45, 7) is 8.20. The molecule has 1 heterocycles. The van der Waals surface area contributed by atoms with Crippen LogP contribution in [-0.2, 0) is 22.5 Å². The lowest BCUT2D eigenvalue weighted by molar-refractivity contribution is -0.136. The van der Waals surface area contributed by atoms with Crippen molar-refractivity contribution < 1.29 is 14.7 Å². The summed E-state index contributed by atoms with van der Waals surface area (Å²) in [5.74, 6) is 0.320. The first-order valence-electron chi connectivity index (χ1n) is 8.99. The molecule has 2 aromatic rings. The van der Waals surface area contributed by atoms with Crippen LogP contribution in [0.5, 0.6) is 0 Å². The molecule has 0 aliphatic rings. The minimum Gasteiger partial charge on any atom is -0.481 e. The molecule has 0 bridgehead atoms. The Hall–Kier alpha value is -2.28. The molecule has 0 aliphatic heterocycles. The summed E-state index contributed by atoms with van der Waals surface area (Å²) in [6.07, 6.45) is 2.50.